The number of hydrogen-bond acceptors (Lipinski definition) is 5. The molecular weight excluding hydrogens is 218 g/mol. The van der Waals surface area contributed by atoms with Gasteiger partial charge in [0.05, 0.1) is 0 Å². The fourth-order valence-electron chi connectivity index (χ4n) is 1.85. The number of aldehydes is 1. The Morgan fingerprint density at radius 1 is 1.47 bits per heavy atom. The molecule has 1 aliphatic heterocycles. The van der Waals surface area contributed by atoms with E-state index in [1.807, 2.05) is 0 Å². The van der Waals surface area contributed by atoms with E-state index in [-0.39, 0.29) is 12.5 Å². The summed E-state index contributed by atoms with van der Waals surface area (Å²) >= 11 is 0. The molecule has 5 nitrogen and oxygen atoms in total. The summed E-state index contributed by atoms with van der Waals surface area (Å²) in [4.78, 5) is 12.4. The highest BCUT2D eigenvalue weighted by molar-refractivity contribution is 7.91. The Balaban J connectivity index is 2.62. The van der Waals surface area contributed by atoms with E-state index in [9.17, 15) is 13.2 Å². The van der Waals surface area contributed by atoms with Gasteiger partial charge in [-0.05, 0) is 18.8 Å². The van der Waals surface area contributed by atoms with E-state index in [2.05, 4.69) is 0 Å². The smallest absolute Gasteiger partial charge is 0.170 e. The Morgan fingerprint density at radius 2 is 2.00 bits per heavy atom. The van der Waals surface area contributed by atoms with Crippen molar-refractivity contribution in [3.05, 3.63) is 0 Å². The lowest BCUT2D eigenvalue weighted by Gasteiger charge is -2.33. The van der Waals surface area contributed by atoms with Gasteiger partial charge < -0.3 is 9.90 Å². The SMILES string of the molecule is CS(=O)(=O)C(C=O)N1CCC(CO)CC1. The first-order valence-corrected chi connectivity index (χ1v) is 6.93. The zero-order chi connectivity index (χ0) is 11.5. The summed E-state index contributed by atoms with van der Waals surface area (Å²) in [6, 6.07) is 0. The van der Waals surface area contributed by atoms with Gasteiger partial charge in [-0.15, -0.1) is 0 Å². The first kappa shape index (κ1) is 12.6. The number of hydrogen-bond donors (Lipinski definition) is 1. The molecule has 15 heavy (non-hydrogen) atoms. The Kier molecular flexibility index (Phi) is 4.24. The number of rotatable bonds is 4. The quantitative estimate of drug-likeness (QED) is 0.650. The largest absolute Gasteiger partial charge is 0.396 e. The molecule has 1 saturated heterocycles. The average molecular weight is 235 g/mol. The molecule has 1 atom stereocenters. The number of nitrogens with zero attached hydrogens (tertiary/aromatic N) is 1. The number of carbonyl (C=O) groups is 1. The number of aliphatic hydroxyl groups excluding tert-OH is 1. The predicted molar refractivity (Wildman–Crippen MR) is 56.1 cm³/mol. The van der Waals surface area contributed by atoms with Crippen LogP contribution in [0.25, 0.3) is 0 Å². The van der Waals surface area contributed by atoms with Crippen LogP contribution in [0.3, 0.4) is 0 Å². The van der Waals surface area contributed by atoms with Gasteiger partial charge in [-0.3, -0.25) is 4.90 Å². The summed E-state index contributed by atoms with van der Waals surface area (Å²) in [7, 11) is -3.34. The zero-order valence-electron chi connectivity index (χ0n) is 8.80. The van der Waals surface area contributed by atoms with Crippen LogP contribution in [0.15, 0.2) is 0 Å². The summed E-state index contributed by atoms with van der Waals surface area (Å²) in [6.07, 6.45) is 3.05. The fourth-order valence-corrected chi connectivity index (χ4v) is 2.80. The molecule has 0 aromatic rings. The molecule has 1 heterocycles. The molecule has 1 N–H and O–H groups in total. The molecular formula is C9H17NO4S. The second kappa shape index (κ2) is 5.05. The van der Waals surface area contributed by atoms with Crippen LogP contribution < -0.4 is 0 Å². The van der Waals surface area contributed by atoms with Crippen molar-refractivity contribution in [1.29, 1.82) is 0 Å². The van der Waals surface area contributed by atoms with Crippen molar-refractivity contribution in [3.63, 3.8) is 0 Å². The normalized spacial score (nSPS) is 22.5. The molecule has 0 aromatic carbocycles. The van der Waals surface area contributed by atoms with Gasteiger partial charge in [0.2, 0.25) is 0 Å². The lowest BCUT2D eigenvalue weighted by Crippen LogP contribution is -2.46. The molecule has 0 aliphatic carbocycles. The molecule has 1 fully saturated rings. The first-order valence-electron chi connectivity index (χ1n) is 4.98. The highest BCUT2D eigenvalue weighted by Crippen LogP contribution is 2.19. The number of likely N-dealkylation sites (tertiary alicyclic amines) is 1. The molecule has 1 aliphatic rings. The van der Waals surface area contributed by atoms with Crippen LogP contribution in [0, 0.1) is 5.92 Å². The van der Waals surface area contributed by atoms with E-state index in [0.717, 1.165) is 19.1 Å². The third-order valence-electron chi connectivity index (χ3n) is 2.82. The third-order valence-corrected chi connectivity index (χ3v) is 4.11. The van der Waals surface area contributed by atoms with Crippen LogP contribution in [0.5, 0.6) is 0 Å². The van der Waals surface area contributed by atoms with Crippen molar-refractivity contribution in [3.8, 4) is 0 Å². The number of carbonyl (C=O) groups excluding carboxylic acids is 1. The molecule has 6 heteroatoms. The Morgan fingerprint density at radius 3 is 2.33 bits per heavy atom. The monoisotopic (exact) mass is 235 g/mol. The van der Waals surface area contributed by atoms with Crippen LogP contribution in [-0.4, -0.2) is 56.0 Å². The molecule has 0 saturated carbocycles. The van der Waals surface area contributed by atoms with E-state index >= 15 is 0 Å². The van der Waals surface area contributed by atoms with Crippen molar-refractivity contribution in [2.24, 2.45) is 5.92 Å². The maximum atomic E-state index is 11.3. The Labute approximate surface area is 90.0 Å². The Bertz CT molecular complexity index is 306. The maximum absolute atomic E-state index is 11.3. The molecule has 0 bridgehead atoms. The highest BCUT2D eigenvalue weighted by atomic mass is 32.2. The Hall–Kier alpha value is -0.460. The van der Waals surface area contributed by atoms with E-state index < -0.39 is 15.2 Å². The van der Waals surface area contributed by atoms with Crippen molar-refractivity contribution < 1.29 is 18.3 Å². The van der Waals surface area contributed by atoms with Gasteiger partial charge in [0.15, 0.2) is 21.5 Å². The minimum atomic E-state index is -3.34. The topological polar surface area (TPSA) is 74.7 Å². The minimum absolute atomic E-state index is 0.137. The summed E-state index contributed by atoms with van der Waals surface area (Å²) in [5.74, 6) is 0.244. The van der Waals surface area contributed by atoms with Crippen molar-refractivity contribution in [2.45, 2.75) is 18.2 Å². The van der Waals surface area contributed by atoms with Gasteiger partial charge in [0.25, 0.3) is 0 Å². The van der Waals surface area contributed by atoms with Crippen molar-refractivity contribution >= 4 is 16.1 Å². The van der Waals surface area contributed by atoms with E-state index in [0.29, 0.717) is 19.4 Å². The maximum Gasteiger partial charge on any atom is 0.170 e. The number of sulfone groups is 1. The van der Waals surface area contributed by atoms with E-state index in [4.69, 9.17) is 5.11 Å². The highest BCUT2D eigenvalue weighted by Gasteiger charge is 2.30. The van der Waals surface area contributed by atoms with Crippen molar-refractivity contribution in [2.75, 3.05) is 26.0 Å². The zero-order valence-corrected chi connectivity index (χ0v) is 9.61. The van der Waals surface area contributed by atoms with Crippen LogP contribution in [0.1, 0.15) is 12.8 Å². The average Bonchev–Trinajstić information content (AvgIpc) is 2.18. The second-order valence-corrected chi connectivity index (χ2v) is 6.16. The molecule has 0 radical (unpaired) electrons. The minimum Gasteiger partial charge on any atom is -0.396 e. The number of piperidine rings is 1. The molecule has 0 amide bonds. The lowest BCUT2D eigenvalue weighted by atomic mass is 9.98. The second-order valence-electron chi connectivity index (χ2n) is 4.02. The van der Waals surface area contributed by atoms with Gasteiger partial charge in [-0.25, -0.2) is 8.42 Å². The fraction of sp³-hybridized carbons (Fsp3) is 0.889. The molecule has 0 aromatic heterocycles. The van der Waals surface area contributed by atoms with Gasteiger partial charge in [0, 0.05) is 26.0 Å². The molecule has 0 spiro atoms. The summed E-state index contributed by atoms with van der Waals surface area (Å²) in [5, 5.41) is 7.91. The van der Waals surface area contributed by atoms with Crippen LogP contribution in [0.4, 0.5) is 0 Å². The van der Waals surface area contributed by atoms with E-state index in [1.165, 1.54) is 0 Å². The first-order chi connectivity index (χ1) is 6.99. The molecule has 1 rings (SSSR count). The lowest BCUT2D eigenvalue weighted by molar-refractivity contribution is -0.110. The summed E-state index contributed by atoms with van der Waals surface area (Å²) < 4.78 is 22.6. The van der Waals surface area contributed by atoms with Crippen LogP contribution in [-0.2, 0) is 14.6 Å². The van der Waals surface area contributed by atoms with Gasteiger partial charge in [-0.2, -0.15) is 0 Å². The van der Waals surface area contributed by atoms with Crippen LogP contribution in [0.2, 0.25) is 0 Å². The summed E-state index contributed by atoms with van der Waals surface area (Å²) in [6.45, 7) is 1.25. The standard InChI is InChI=1S/C9H17NO4S/c1-15(13,14)9(7-12)10-4-2-8(6-11)3-5-10/h7-9,11H,2-6H2,1H3. The predicted octanol–water partition coefficient (Wildman–Crippen LogP) is -0.740. The van der Waals surface area contributed by atoms with Crippen molar-refractivity contribution in [1.82, 2.24) is 4.90 Å². The molecule has 88 valence electrons. The molecule has 1 unspecified atom stereocenters. The third kappa shape index (κ3) is 3.25. The van der Waals surface area contributed by atoms with E-state index in [1.54, 1.807) is 4.90 Å². The number of aliphatic hydroxyl groups is 1. The van der Waals surface area contributed by atoms with Gasteiger partial charge in [0.1, 0.15) is 0 Å². The van der Waals surface area contributed by atoms with Crippen LogP contribution >= 0.6 is 0 Å². The summed E-state index contributed by atoms with van der Waals surface area (Å²) in [5.41, 5.74) is 0. The van der Waals surface area contributed by atoms with Gasteiger partial charge >= 0.3 is 0 Å². The van der Waals surface area contributed by atoms with Gasteiger partial charge in [-0.1, -0.05) is 0 Å².